The number of likely N-dealkylation sites (tertiary alicyclic amines) is 1. The van der Waals surface area contributed by atoms with Gasteiger partial charge in [0.2, 0.25) is 5.91 Å². The van der Waals surface area contributed by atoms with Gasteiger partial charge in [0.15, 0.2) is 5.16 Å². The Bertz CT molecular complexity index is 723. The lowest BCUT2D eigenvalue weighted by atomic mass is 10.1. The minimum atomic E-state index is 0.177. The first-order valence-corrected chi connectivity index (χ1v) is 9.89. The summed E-state index contributed by atoms with van der Waals surface area (Å²) in [6, 6.07) is 6.32. The van der Waals surface area contributed by atoms with Crippen LogP contribution in [-0.2, 0) is 11.8 Å². The summed E-state index contributed by atoms with van der Waals surface area (Å²) in [4.78, 5) is 23.9. The van der Waals surface area contributed by atoms with E-state index in [9.17, 15) is 4.79 Å². The summed E-state index contributed by atoms with van der Waals surface area (Å²) in [6.07, 6.45) is 6.54. The molecule has 5 nitrogen and oxygen atoms in total. The van der Waals surface area contributed by atoms with Gasteiger partial charge in [-0.15, -0.1) is 0 Å². The van der Waals surface area contributed by atoms with Crippen LogP contribution in [0.3, 0.4) is 0 Å². The molecule has 1 saturated heterocycles. The van der Waals surface area contributed by atoms with Crippen LogP contribution in [0.25, 0.3) is 0 Å². The Hall–Kier alpha value is -1.82. The van der Waals surface area contributed by atoms with Crippen molar-refractivity contribution >= 4 is 17.7 Å². The van der Waals surface area contributed by atoms with Gasteiger partial charge >= 0.3 is 0 Å². The molecule has 0 saturated carbocycles. The Morgan fingerprint density at radius 1 is 1.24 bits per heavy atom. The molecule has 0 radical (unpaired) electrons. The van der Waals surface area contributed by atoms with E-state index in [4.69, 9.17) is 0 Å². The van der Waals surface area contributed by atoms with Gasteiger partial charge in [0, 0.05) is 36.9 Å². The number of carbonyl (C=O) groups is 1. The van der Waals surface area contributed by atoms with E-state index in [0.29, 0.717) is 10.9 Å². The molecule has 0 N–H and O–H groups in total. The molecular formula is C19H26N4OS. The van der Waals surface area contributed by atoms with Crippen molar-refractivity contribution in [3.8, 4) is 0 Å². The normalized spacial score (nSPS) is 18.2. The third kappa shape index (κ3) is 4.42. The second-order valence-corrected chi connectivity index (χ2v) is 7.66. The van der Waals surface area contributed by atoms with Crippen LogP contribution in [0.4, 0.5) is 0 Å². The molecule has 25 heavy (non-hydrogen) atoms. The van der Waals surface area contributed by atoms with E-state index in [-0.39, 0.29) is 11.9 Å². The van der Waals surface area contributed by atoms with Crippen LogP contribution in [0.15, 0.2) is 29.6 Å². The predicted molar refractivity (Wildman–Crippen MR) is 101 cm³/mol. The topological polar surface area (TPSA) is 51.0 Å². The first kappa shape index (κ1) is 18.0. The summed E-state index contributed by atoms with van der Waals surface area (Å²) < 4.78 is 2.14. The number of carbonyl (C=O) groups excluding carboxylic acids is 1. The molecular weight excluding hydrogens is 332 g/mol. The highest BCUT2D eigenvalue weighted by Crippen LogP contribution is 2.31. The SMILES string of the molecule is Cc1cc(C)nc(SCC(=O)N2CCCCCC2c2cccn2C)n1. The molecule has 0 spiro atoms. The van der Waals surface area contributed by atoms with Crippen molar-refractivity contribution < 1.29 is 4.79 Å². The number of aromatic nitrogens is 3. The fourth-order valence-corrected chi connectivity index (χ4v) is 4.34. The Labute approximate surface area is 153 Å². The number of hydrogen-bond donors (Lipinski definition) is 0. The molecule has 0 aliphatic carbocycles. The van der Waals surface area contributed by atoms with Gasteiger partial charge in [-0.3, -0.25) is 4.79 Å². The molecule has 1 aliphatic rings. The molecule has 134 valence electrons. The monoisotopic (exact) mass is 358 g/mol. The second kappa shape index (κ2) is 8.04. The summed E-state index contributed by atoms with van der Waals surface area (Å²) in [5.41, 5.74) is 3.11. The van der Waals surface area contributed by atoms with E-state index in [1.807, 2.05) is 19.9 Å². The van der Waals surface area contributed by atoms with Gasteiger partial charge in [-0.05, 0) is 44.9 Å². The first-order valence-electron chi connectivity index (χ1n) is 8.90. The highest BCUT2D eigenvalue weighted by Gasteiger charge is 2.28. The van der Waals surface area contributed by atoms with Crippen molar-refractivity contribution in [2.24, 2.45) is 7.05 Å². The number of thioether (sulfide) groups is 1. The van der Waals surface area contributed by atoms with Gasteiger partial charge in [0.1, 0.15) is 0 Å². The highest BCUT2D eigenvalue weighted by molar-refractivity contribution is 7.99. The van der Waals surface area contributed by atoms with E-state index in [2.05, 4.69) is 44.8 Å². The molecule has 2 aromatic rings. The fourth-order valence-electron chi connectivity index (χ4n) is 3.50. The zero-order valence-corrected chi connectivity index (χ0v) is 16.1. The summed E-state index contributed by atoms with van der Waals surface area (Å²) >= 11 is 1.44. The molecule has 0 bridgehead atoms. The third-order valence-electron chi connectivity index (χ3n) is 4.68. The molecule has 1 atom stereocenters. The first-order chi connectivity index (χ1) is 12.0. The zero-order valence-electron chi connectivity index (χ0n) is 15.2. The molecule has 2 aromatic heterocycles. The third-order valence-corrected chi connectivity index (χ3v) is 5.52. The van der Waals surface area contributed by atoms with Crippen molar-refractivity contribution in [2.75, 3.05) is 12.3 Å². The minimum Gasteiger partial charge on any atom is -0.353 e. The smallest absolute Gasteiger partial charge is 0.233 e. The lowest BCUT2D eigenvalue weighted by Crippen LogP contribution is -2.36. The summed E-state index contributed by atoms with van der Waals surface area (Å²) in [5, 5.41) is 0.691. The van der Waals surface area contributed by atoms with Gasteiger partial charge < -0.3 is 9.47 Å². The molecule has 1 aliphatic heterocycles. The molecule has 6 heteroatoms. The van der Waals surface area contributed by atoms with Gasteiger partial charge in [-0.2, -0.15) is 0 Å². The number of aryl methyl sites for hydroxylation is 3. The van der Waals surface area contributed by atoms with Gasteiger partial charge in [0.25, 0.3) is 0 Å². The van der Waals surface area contributed by atoms with Crippen molar-refractivity contribution in [3.63, 3.8) is 0 Å². The predicted octanol–water partition coefficient (Wildman–Crippen LogP) is 3.67. The van der Waals surface area contributed by atoms with Crippen molar-refractivity contribution in [3.05, 3.63) is 41.5 Å². The van der Waals surface area contributed by atoms with Crippen LogP contribution in [0.1, 0.15) is 48.8 Å². The van der Waals surface area contributed by atoms with E-state index < -0.39 is 0 Å². The van der Waals surface area contributed by atoms with Crippen molar-refractivity contribution in [2.45, 2.75) is 50.7 Å². The van der Waals surface area contributed by atoms with Crippen LogP contribution in [0, 0.1) is 13.8 Å². The van der Waals surface area contributed by atoms with Gasteiger partial charge in [-0.1, -0.05) is 24.6 Å². The van der Waals surface area contributed by atoms with Crippen LogP contribution in [0.5, 0.6) is 0 Å². The lowest BCUT2D eigenvalue weighted by Gasteiger charge is -2.30. The maximum atomic E-state index is 13.0. The zero-order chi connectivity index (χ0) is 17.8. The van der Waals surface area contributed by atoms with Gasteiger partial charge in [0.05, 0.1) is 11.8 Å². The maximum Gasteiger partial charge on any atom is 0.233 e. The fraction of sp³-hybridized carbons (Fsp3) is 0.526. The molecule has 1 fully saturated rings. The van der Waals surface area contributed by atoms with E-state index in [1.165, 1.54) is 30.3 Å². The maximum absolute atomic E-state index is 13.0. The Morgan fingerprint density at radius 3 is 2.68 bits per heavy atom. The van der Waals surface area contributed by atoms with E-state index >= 15 is 0 Å². The van der Waals surface area contributed by atoms with Crippen LogP contribution in [0.2, 0.25) is 0 Å². The Balaban J connectivity index is 1.72. The molecule has 1 amide bonds. The molecule has 1 unspecified atom stereocenters. The number of nitrogens with zero attached hydrogens (tertiary/aromatic N) is 4. The van der Waals surface area contributed by atoms with E-state index in [1.54, 1.807) is 0 Å². The molecule has 3 rings (SSSR count). The Morgan fingerprint density at radius 2 is 2.00 bits per heavy atom. The van der Waals surface area contributed by atoms with Gasteiger partial charge in [-0.25, -0.2) is 9.97 Å². The number of rotatable bonds is 4. The number of amides is 1. The average molecular weight is 359 g/mol. The molecule has 0 aromatic carbocycles. The lowest BCUT2D eigenvalue weighted by molar-refractivity contribution is -0.130. The Kier molecular flexibility index (Phi) is 5.78. The summed E-state index contributed by atoms with van der Waals surface area (Å²) in [7, 11) is 2.06. The van der Waals surface area contributed by atoms with E-state index in [0.717, 1.165) is 30.8 Å². The van der Waals surface area contributed by atoms with Crippen molar-refractivity contribution in [1.29, 1.82) is 0 Å². The van der Waals surface area contributed by atoms with Crippen LogP contribution >= 0.6 is 11.8 Å². The average Bonchev–Trinajstić information content (AvgIpc) is 2.84. The molecule has 3 heterocycles. The summed E-state index contributed by atoms with van der Waals surface area (Å²) in [6.45, 7) is 4.75. The standard InChI is InChI=1S/C19H26N4OS/c1-14-12-15(2)21-19(20-14)25-13-18(24)23-11-6-4-5-8-17(23)16-9-7-10-22(16)3/h7,9-10,12,17H,4-6,8,11,13H2,1-3H3. The largest absolute Gasteiger partial charge is 0.353 e. The number of hydrogen-bond acceptors (Lipinski definition) is 4. The second-order valence-electron chi connectivity index (χ2n) is 6.72. The van der Waals surface area contributed by atoms with Crippen molar-refractivity contribution in [1.82, 2.24) is 19.4 Å². The quantitative estimate of drug-likeness (QED) is 0.618. The minimum absolute atomic E-state index is 0.177. The summed E-state index contributed by atoms with van der Waals surface area (Å²) in [5.74, 6) is 0.574. The van der Waals surface area contributed by atoms with Crippen LogP contribution in [-0.4, -0.2) is 37.6 Å². The van der Waals surface area contributed by atoms with Crippen LogP contribution < -0.4 is 0 Å². The highest BCUT2D eigenvalue weighted by atomic mass is 32.2.